The van der Waals surface area contributed by atoms with E-state index in [1.54, 1.807) is 24.3 Å². The first-order chi connectivity index (χ1) is 9.68. The molecule has 0 aliphatic heterocycles. The fourth-order valence-corrected chi connectivity index (χ4v) is 1.58. The van der Waals surface area contributed by atoms with Crippen LogP contribution in [0.1, 0.15) is 40.5 Å². The zero-order chi connectivity index (χ0) is 16.0. The Hall–Kier alpha value is -1.88. The van der Waals surface area contributed by atoms with Crippen LogP contribution >= 0.6 is 0 Å². The maximum atomic E-state index is 11.9. The molecule has 0 spiro atoms. The fourth-order valence-electron chi connectivity index (χ4n) is 1.58. The van der Waals surface area contributed by atoms with Gasteiger partial charge in [0.05, 0.1) is 0 Å². The predicted octanol–water partition coefficient (Wildman–Crippen LogP) is 2.74. The van der Waals surface area contributed by atoms with Crippen LogP contribution in [0.2, 0.25) is 0 Å². The number of nitrogens with two attached hydrogens (primary N) is 1. The van der Waals surface area contributed by atoms with E-state index in [1.165, 1.54) is 0 Å². The van der Waals surface area contributed by atoms with Gasteiger partial charge in [-0.3, -0.25) is 9.59 Å². The quantitative estimate of drug-likeness (QED) is 0.780. The van der Waals surface area contributed by atoms with E-state index < -0.39 is 5.41 Å². The predicted molar refractivity (Wildman–Crippen MR) is 86.0 cm³/mol. The average Bonchev–Trinajstić information content (AvgIpc) is 2.35. The fraction of sp³-hybridized carbons (Fsp3) is 0.500. The van der Waals surface area contributed by atoms with E-state index in [2.05, 4.69) is 10.6 Å². The number of nitrogens with one attached hydrogen (secondary N) is 2. The summed E-state index contributed by atoms with van der Waals surface area (Å²) >= 11 is 0. The van der Waals surface area contributed by atoms with Gasteiger partial charge in [0.1, 0.15) is 0 Å². The maximum absolute atomic E-state index is 11.9. The van der Waals surface area contributed by atoms with Crippen molar-refractivity contribution in [2.24, 2.45) is 11.1 Å². The molecule has 21 heavy (non-hydrogen) atoms. The number of rotatable bonds is 5. The number of carbonyl (C=O) groups is 2. The molecule has 5 heteroatoms. The third-order valence-corrected chi connectivity index (χ3v) is 2.91. The van der Waals surface area contributed by atoms with Gasteiger partial charge in [-0.2, -0.15) is 0 Å². The largest absolute Gasteiger partial charge is 0.328 e. The first-order valence-corrected chi connectivity index (χ1v) is 7.15. The molecule has 4 N–H and O–H groups in total. The first kappa shape index (κ1) is 17.2. The van der Waals surface area contributed by atoms with Crippen LogP contribution in [0.15, 0.2) is 24.3 Å². The van der Waals surface area contributed by atoms with Gasteiger partial charge >= 0.3 is 0 Å². The van der Waals surface area contributed by atoms with E-state index >= 15 is 0 Å². The summed E-state index contributed by atoms with van der Waals surface area (Å²) in [6, 6.07) is 7.12. The van der Waals surface area contributed by atoms with Crippen LogP contribution in [0.25, 0.3) is 0 Å². The molecular formula is C16H25N3O2. The minimum Gasteiger partial charge on any atom is -0.328 e. The number of benzene rings is 1. The van der Waals surface area contributed by atoms with Crippen LogP contribution in [-0.2, 0) is 9.59 Å². The highest BCUT2D eigenvalue weighted by molar-refractivity contribution is 5.96. The Kier molecular flexibility index (Phi) is 5.90. The van der Waals surface area contributed by atoms with Gasteiger partial charge in [-0.05, 0) is 31.5 Å². The van der Waals surface area contributed by atoms with Crippen molar-refractivity contribution < 1.29 is 9.59 Å². The summed E-state index contributed by atoms with van der Waals surface area (Å²) in [4.78, 5) is 23.7. The first-order valence-electron chi connectivity index (χ1n) is 7.15. The van der Waals surface area contributed by atoms with Gasteiger partial charge in [0.15, 0.2) is 0 Å². The molecule has 0 saturated heterocycles. The lowest BCUT2D eigenvalue weighted by atomic mass is 9.95. The highest BCUT2D eigenvalue weighted by atomic mass is 16.2. The molecule has 1 aromatic rings. The van der Waals surface area contributed by atoms with Crippen molar-refractivity contribution in [3.8, 4) is 0 Å². The van der Waals surface area contributed by atoms with Gasteiger partial charge in [0.2, 0.25) is 11.8 Å². The summed E-state index contributed by atoms with van der Waals surface area (Å²) in [7, 11) is 0. The Bertz CT molecular complexity index is 504. The van der Waals surface area contributed by atoms with Crippen LogP contribution < -0.4 is 16.4 Å². The summed E-state index contributed by atoms with van der Waals surface area (Å²) in [6.45, 7) is 7.42. The van der Waals surface area contributed by atoms with Gasteiger partial charge in [0, 0.05) is 29.3 Å². The van der Waals surface area contributed by atoms with Crippen LogP contribution in [-0.4, -0.2) is 17.9 Å². The molecule has 1 aromatic carbocycles. The Morgan fingerprint density at radius 2 is 1.76 bits per heavy atom. The molecule has 0 radical (unpaired) electrons. The van der Waals surface area contributed by atoms with Crippen molar-refractivity contribution in [2.45, 2.75) is 46.6 Å². The van der Waals surface area contributed by atoms with Crippen molar-refractivity contribution in [3.63, 3.8) is 0 Å². The normalized spacial score (nSPS) is 12.6. The second-order valence-corrected chi connectivity index (χ2v) is 6.35. The van der Waals surface area contributed by atoms with Crippen molar-refractivity contribution >= 4 is 23.2 Å². The molecule has 1 rings (SSSR count). The van der Waals surface area contributed by atoms with Gasteiger partial charge < -0.3 is 16.4 Å². The lowest BCUT2D eigenvalue weighted by Gasteiger charge is -2.18. The lowest BCUT2D eigenvalue weighted by molar-refractivity contribution is -0.123. The van der Waals surface area contributed by atoms with Crippen molar-refractivity contribution in [3.05, 3.63) is 24.3 Å². The van der Waals surface area contributed by atoms with Gasteiger partial charge in [-0.1, -0.05) is 26.8 Å². The Morgan fingerprint density at radius 3 is 2.29 bits per heavy atom. The molecule has 116 valence electrons. The number of amides is 2. The van der Waals surface area contributed by atoms with Gasteiger partial charge in [0.25, 0.3) is 0 Å². The zero-order valence-electron chi connectivity index (χ0n) is 13.2. The molecule has 5 nitrogen and oxygen atoms in total. The summed E-state index contributed by atoms with van der Waals surface area (Å²) in [5, 5.41) is 5.64. The van der Waals surface area contributed by atoms with E-state index in [4.69, 9.17) is 5.73 Å². The summed E-state index contributed by atoms with van der Waals surface area (Å²) in [6.07, 6.45) is 1.03. The monoisotopic (exact) mass is 291 g/mol. The van der Waals surface area contributed by atoms with Crippen LogP contribution in [0.5, 0.6) is 0 Å². The van der Waals surface area contributed by atoms with Crippen molar-refractivity contribution in [2.75, 3.05) is 10.6 Å². The lowest BCUT2D eigenvalue weighted by Crippen LogP contribution is -2.27. The molecule has 0 fully saturated rings. The summed E-state index contributed by atoms with van der Waals surface area (Å²) in [5.41, 5.74) is 6.49. The van der Waals surface area contributed by atoms with Crippen LogP contribution in [0.3, 0.4) is 0 Å². The van der Waals surface area contributed by atoms with Crippen LogP contribution in [0.4, 0.5) is 11.4 Å². The van der Waals surface area contributed by atoms with E-state index in [1.807, 2.05) is 27.7 Å². The maximum Gasteiger partial charge on any atom is 0.229 e. The molecule has 0 aliphatic carbocycles. The highest BCUT2D eigenvalue weighted by Gasteiger charge is 2.21. The number of anilines is 2. The standard InChI is InChI=1S/C16H25N3O2/c1-11(17)8-9-14(20)18-12-6-5-7-13(10-12)19-15(21)16(2,3)4/h5-7,10-11H,8-9,17H2,1-4H3,(H,18,20)(H,19,21). The van der Waals surface area contributed by atoms with Crippen molar-refractivity contribution in [1.29, 1.82) is 0 Å². The third kappa shape index (κ3) is 6.40. The second kappa shape index (κ2) is 7.22. The zero-order valence-corrected chi connectivity index (χ0v) is 13.2. The smallest absolute Gasteiger partial charge is 0.229 e. The molecule has 0 bridgehead atoms. The second-order valence-electron chi connectivity index (χ2n) is 6.35. The van der Waals surface area contributed by atoms with Crippen LogP contribution in [0, 0.1) is 5.41 Å². The van der Waals surface area contributed by atoms with Gasteiger partial charge in [-0.25, -0.2) is 0 Å². The van der Waals surface area contributed by atoms with E-state index in [0.717, 1.165) is 0 Å². The van der Waals surface area contributed by atoms with Crippen molar-refractivity contribution in [1.82, 2.24) is 0 Å². The third-order valence-electron chi connectivity index (χ3n) is 2.91. The summed E-state index contributed by atoms with van der Waals surface area (Å²) < 4.78 is 0. The molecule has 1 atom stereocenters. The molecule has 0 aromatic heterocycles. The number of carbonyl (C=O) groups excluding carboxylic acids is 2. The topological polar surface area (TPSA) is 84.2 Å². The minimum absolute atomic E-state index is 0.00755. The molecule has 0 aliphatic rings. The average molecular weight is 291 g/mol. The molecule has 0 heterocycles. The van der Waals surface area contributed by atoms with E-state index in [0.29, 0.717) is 24.2 Å². The molecule has 1 unspecified atom stereocenters. The van der Waals surface area contributed by atoms with Gasteiger partial charge in [-0.15, -0.1) is 0 Å². The Labute approximate surface area is 126 Å². The molecular weight excluding hydrogens is 266 g/mol. The van der Waals surface area contributed by atoms with E-state index in [-0.39, 0.29) is 17.9 Å². The Morgan fingerprint density at radius 1 is 1.19 bits per heavy atom. The minimum atomic E-state index is -0.462. The molecule has 0 saturated carbocycles. The Balaban J connectivity index is 2.64. The van der Waals surface area contributed by atoms with E-state index in [9.17, 15) is 9.59 Å². The number of hydrogen-bond donors (Lipinski definition) is 3. The highest BCUT2D eigenvalue weighted by Crippen LogP contribution is 2.20. The summed E-state index contributed by atoms with van der Waals surface area (Å²) in [5.74, 6) is -0.144. The number of hydrogen-bond acceptors (Lipinski definition) is 3. The molecule has 2 amide bonds. The SMILES string of the molecule is CC(N)CCC(=O)Nc1cccc(NC(=O)C(C)(C)C)c1.